The molecule has 1 saturated heterocycles. The molecular weight excluding hydrogens is 254 g/mol. The molecule has 1 atom stereocenters. The van der Waals surface area contributed by atoms with Gasteiger partial charge in [-0.15, -0.1) is 0 Å². The number of carbonyl (C=O) groups excluding carboxylic acids is 2. The fourth-order valence-electron chi connectivity index (χ4n) is 2.90. The third kappa shape index (κ3) is 2.46. The van der Waals surface area contributed by atoms with Crippen molar-refractivity contribution < 1.29 is 14.3 Å². The molecule has 3 rings (SSSR count). The lowest BCUT2D eigenvalue weighted by Gasteiger charge is -2.29. The molecule has 4 heteroatoms. The summed E-state index contributed by atoms with van der Waals surface area (Å²) in [5.74, 6) is 0.250. The first-order valence-corrected chi connectivity index (χ1v) is 6.91. The second kappa shape index (κ2) is 5.12. The van der Waals surface area contributed by atoms with Gasteiger partial charge in [-0.25, -0.2) is 0 Å². The van der Waals surface area contributed by atoms with Crippen LogP contribution in [-0.4, -0.2) is 29.7 Å². The zero-order chi connectivity index (χ0) is 14.1. The Kier molecular flexibility index (Phi) is 3.30. The van der Waals surface area contributed by atoms with Crippen LogP contribution in [0, 0.1) is 0 Å². The fraction of sp³-hybridized carbons (Fsp3) is 0.375. The van der Waals surface area contributed by atoms with Gasteiger partial charge in [-0.05, 0) is 30.5 Å². The van der Waals surface area contributed by atoms with Crippen LogP contribution in [0.2, 0.25) is 0 Å². The second-order valence-electron chi connectivity index (χ2n) is 5.30. The van der Waals surface area contributed by atoms with E-state index in [1.807, 2.05) is 12.1 Å². The van der Waals surface area contributed by atoms with E-state index in [4.69, 9.17) is 4.74 Å². The largest absolute Gasteiger partial charge is 0.427 e. The summed E-state index contributed by atoms with van der Waals surface area (Å²) in [6, 6.07) is 7.23. The van der Waals surface area contributed by atoms with Crippen molar-refractivity contribution in [2.75, 3.05) is 13.1 Å². The van der Waals surface area contributed by atoms with Crippen LogP contribution >= 0.6 is 0 Å². The minimum atomic E-state index is -0.337. The molecule has 1 aromatic rings. The molecule has 1 aromatic carbocycles. The second-order valence-corrected chi connectivity index (χ2v) is 5.30. The van der Waals surface area contributed by atoms with E-state index in [0.29, 0.717) is 5.75 Å². The average molecular weight is 271 g/mol. The van der Waals surface area contributed by atoms with Crippen LogP contribution in [0.25, 0.3) is 0 Å². The van der Waals surface area contributed by atoms with Crippen molar-refractivity contribution in [1.82, 2.24) is 4.90 Å². The number of allylic oxidation sites excluding steroid dienone is 2. The predicted molar refractivity (Wildman–Crippen MR) is 74.4 cm³/mol. The Morgan fingerprint density at radius 3 is 2.75 bits per heavy atom. The van der Waals surface area contributed by atoms with Crippen LogP contribution in [0.5, 0.6) is 5.75 Å². The highest BCUT2D eigenvalue weighted by Gasteiger charge is 2.30. The van der Waals surface area contributed by atoms with Crippen LogP contribution in [0.1, 0.15) is 31.2 Å². The summed E-state index contributed by atoms with van der Waals surface area (Å²) in [7, 11) is 0. The number of carbonyl (C=O) groups is 2. The number of fused-ring (bicyclic) bond motifs is 1. The zero-order valence-corrected chi connectivity index (χ0v) is 11.5. The number of rotatable bonds is 2. The van der Waals surface area contributed by atoms with Crippen molar-refractivity contribution in [2.24, 2.45) is 0 Å². The van der Waals surface area contributed by atoms with E-state index in [1.54, 1.807) is 18.2 Å². The highest BCUT2D eigenvalue weighted by Crippen LogP contribution is 2.32. The molecule has 104 valence electrons. The van der Waals surface area contributed by atoms with Crippen molar-refractivity contribution >= 4 is 11.8 Å². The van der Waals surface area contributed by atoms with E-state index >= 15 is 0 Å². The standard InChI is InChI=1S/C16H17NO3/c1-11(18)20-14-6-4-12(5-7-14)15-10-17-8-2-3-13(17)9-16(15)19/h4-7,9,15H,2-3,8,10H2,1H3. The molecule has 0 spiro atoms. The van der Waals surface area contributed by atoms with Crippen molar-refractivity contribution in [2.45, 2.75) is 25.7 Å². The Bertz CT molecular complexity index is 574. The molecule has 0 amide bonds. The van der Waals surface area contributed by atoms with Crippen molar-refractivity contribution in [3.63, 3.8) is 0 Å². The molecule has 20 heavy (non-hydrogen) atoms. The van der Waals surface area contributed by atoms with Crippen LogP contribution in [0.3, 0.4) is 0 Å². The lowest BCUT2D eigenvalue weighted by molar-refractivity contribution is -0.131. The Morgan fingerprint density at radius 1 is 1.30 bits per heavy atom. The molecule has 2 aliphatic heterocycles. The molecule has 0 radical (unpaired) electrons. The predicted octanol–water partition coefficient (Wildman–Crippen LogP) is 2.26. The van der Waals surface area contributed by atoms with Gasteiger partial charge in [-0.2, -0.15) is 0 Å². The maximum absolute atomic E-state index is 12.2. The molecule has 0 N–H and O–H groups in total. The van der Waals surface area contributed by atoms with E-state index in [9.17, 15) is 9.59 Å². The van der Waals surface area contributed by atoms with Gasteiger partial charge in [-0.1, -0.05) is 12.1 Å². The molecule has 1 fully saturated rings. The Balaban J connectivity index is 1.79. The van der Waals surface area contributed by atoms with Gasteiger partial charge in [0.1, 0.15) is 5.75 Å². The maximum atomic E-state index is 12.2. The van der Waals surface area contributed by atoms with Crippen molar-refractivity contribution in [3.8, 4) is 5.75 Å². The number of hydrogen-bond acceptors (Lipinski definition) is 4. The van der Waals surface area contributed by atoms with Gasteiger partial charge in [0, 0.05) is 31.8 Å². The van der Waals surface area contributed by atoms with Gasteiger partial charge in [-0.3, -0.25) is 9.59 Å². The average Bonchev–Trinajstić information content (AvgIpc) is 2.85. The number of hydrogen-bond donors (Lipinski definition) is 0. The summed E-state index contributed by atoms with van der Waals surface area (Å²) >= 11 is 0. The smallest absolute Gasteiger partial charge is 0.308 e. The summed E-state index contributed by atoms with van der Waals surface area (Å²) in [4.78, 5) is 25.4. The Hall–Kier alpha value is -2.10. The van der Waals surface area contributed by atoms with E-state index in [2.05, 4.69) is 4.90 Å². The summed E-state index contributed by atoms with van der Waals surface area (Å²) in [6.45, 7) is 3.18. The number of benzene rings is 1. The maximum Gasteiger partial charge on any atom is 0.308 e. The molecule has 1 unspecified atom stereocenters. The number of esters is 1. The highest BCUT2D eigenvalue weighted by atomic mass is 16.5. The van der Waals surface area contributed by atoms with Gasteiger partial charge >= 0.3 is 5.97 Å². The zero-order valence-electron chi connectivity index (χ0n) is 11.5. The molecule has 2 heterocycles. The quantitative estimate of drug-likeness (QED) is 0.611. The molecule has 0 aliphatic carbocycles. The number of ether oxygens (including phenoxy) is 1. The number of ketones is 1. The molecule has 4 nitrogen and oxygen atoms in total. The molecule has 0 saturated carbocycles. The van der Waals surface area contributed by atoms with Gasteiger partial charge < -0.3 is 9.64 Å². The summed E-state index contributed by atoms with van der Waals surface area (Å²) in [6.07, 6.45) is 3.95. The first-order valence-electron chi connectivity index (χ1n) is 6.91. The van der Waals surface area contributed by atoms with E-state index in [0.717, 1.165) is 31.5 Å². The lowest BCUT2D eigenvalue weighted by atomic mass is 9.91. The number of nitrogens with zero attached hydrogens (tertiary/aromatic N) is 1. The molecule has 0 bridgehead atoms. The topological polar surface area (TPSA) is 46.6 Å². The summed E-state index contributed by atoms with van der Waals surface area (Å²) in [5, 5.41) is 0. The molecule has 2 aliphatic rings. The third-order valence-corrected chi connectivity index (χ3v) is 3.87. The van der Waals surface area contributed by atoms with Gasteiger partial charge in [0.25, 0.3) is 0 Å². The molecule has 0 aromatic heterocycles. The third-order valence-electron chi connectivity index (χ3n) is 3.87. The Labute approximate surface area is 118 Å². The van der Waals surface area contributed by atoms with Crippen LogP contribution in [0.4, 0.5) is 0 Å². The summed E-state index contributed by atoms with van der Waals surface area (Å²) < 4.78 is 5.01. The van der Waals surface area contributed by atoms with Crippen LogP contribution < -0.4 is 4.74 Å². The SMILES string of the molecule is CC(=O)Oc1ccc(C2CN3CCCC3=CC2=O)cc1. The minimum absolute atomic E-state index is 0.108. The van der Waals surface area contributed by atoms with Crippen LogP contribution in [0.15, 0.2) is 36.0 Å². The van der Waals surface area contributed by atoms with Gasteiger partial charge in [0.2, 0.25) is 0 Å². The first-order chi connectivity index (χ1) is 9.63. The van der Waals surface area contributed by atoms with Crippen molar-refractivity contribution in [3.05, 3.63) is 41.6 Å². The monoisotopic (exact) mass is 271 g/mol. The van der Waals surface area contributed by atoms with E-state index < -0.39 is 0 Å². The van der Waals surface area contributed by atoms with E-state index in [-0.39, 0.29) is 17.7 Å². The van der Waals surface area contributed by atoms with Gasteiger partial charge in [0.05, 0.1) is 5.92 Å². The Morgan fingerprint density at radius 2 is 2.05 bits per heavy atom. The van der Waals surface area contributed by atoms with E-state index in [1.165, 1.54) is 12.6 Å². The van der Waals surface area contributed by atoms with Crippen molar-refractivity contribution in [1.29, 1.82) is 0 Å². The lowest BCUT2D eigenvalue weighted by Crippen LogP contribution is -2.32. The minimum Gasteiger partial charge on any atom is -0.427 e. The highest BCUT2D eigenvalue weighted by molar-refractivity contribution is 5.97. The summed E-state index contributed by atoms with van der Waals surface area (Å²) in [5.41, 5.74) is 2.16. The van der Waals surface area contributed by atoms with Gasteiger partial charge in [0.15, 0.2) is 5.78 Å². The normalized spacial score (nSPS) is 21.4. The molecular formula is C16H17NO3. The fourth-order valence-corrected chi connectivity index (χ4v) is 2.90. The first kappa shape index (κ1) is 12.9. The van der Waals surface area contributed by atoms with Crippen LogP contribution in [-0.2, 0) is 9.59 Å².